The summed E-state index contributed by atoms with van der Waals surface area (Å²) in [4.78, 5) is 8.69. The first-order chi connectivity index (χ1) is 8.20. The highest BCUT2D eigenvalue weighted by Crippen LogP contribution is 2.20. The topological polar surface area (TPSA) is 37.8 Å². The smallest absolute Gasteiger partial charge is 0.161 e. The molecular weight excluding hydrogens is 210 g/mol. The van der Waals surface area contributed by atoms with Crippen LogP contribution in [0.25, 0.3) is 11.4 Å². The second kappa shape index (κ2) is 4.95. The van der Waals surface area contributed by atoms with E-state index in [4.69, 9.17) is 0 Å². The summed E-state index contributed by atoms with van der Waals surface area (Å²) in [6.45, 7) is 4.38. The molecule has 3 nitrogen and oxygen atoms in total. The van der Waals surface area contributed by atoms with Crippen LogP contribution in [0.5, 0.6) is 0 Å². The summed E-state index contributed by atoms with van der Waals surface area (Å²) in [5.41, 5.74) is 2.38. The zero-order chi connectivity index (χ0) is 12.3. The first kappa shape index (κ1) is 11.6. The minimum absolute atomic E-state index is 0.550. The van der Waals surface area contributed by atoms with Gasteiger partial charge in [0.2, 0.25) is 0 Å². The van der Waals surface area contributed by atoms with Gasteiger partial charge in [0.1, 0.15) is 5.82 Å². The number of nitrogens with one attached hydrogen (secondary N) is 1. The molecule has 0 aliphatic carbocycles. The van der Waals surface area contributed by atoms with Gasteiger partial charge in [-0.2, -0.15) is 0 Å². The Morgan fingerprint density at radius 3 is 2.35 bits per heavy atom. The van der Waals surface area contributed by atoms with Gasteiger partial charge in [-0.25, -0.2) is 9.97 Å². The lowest BCUT2D eigenvalue weighted by Crippen LogP contribution is -1.96. The van der Waals surface area contributed by atoms with Crippen molar-refractivity contribution in [3.05, 3.63) is 42.1 Å². The zero-order valence-corrected chi connectivity index (χ0v) is 10.4. The predicted molar refractivity (Wildman–Crippen MR) is 71.1 cm³/mol. The zero-order valence-electron chi connectivity index (χ0n) is 10.4. The SMILES string of the molecule is CNc1ccnc(-c2ccc(C(C)C)cc2)n1. The second-order valence-corrected chi connectivity index (χ2v) is 4.29. The summed E-state index contributed by atoms with van der Waals surface area (Å²) in [7, 11) is 1.86. The van der Waals surface area contributed by atoms with Crippen molar-refractivity contribution in [3.8, 4) is 11.4 Å². The molecule has 0 aliphatic rings. The van der Waals surface area contributed by atoms with Crippen LogP contribution in [0.4, 0.5) is 5.82 Å². The van der Waals surface area contributed by atoms with Crippen LogP contribution in [-0.2, 0) is 0 Å². The third-order valence-corrected chi connectivity index (χ3v) is 2.75. The van der Waals surface area contributed by atoms with E-state index in [2.05, 4.69) is 53.4 Å². The number of hydrogen-bond acceptors (Lipinski definition) is 3. The summed E-state index contributed by atoms with van der Waals surface area (Å²) in [5, 5.41) is 3.02. The van der Waals surface area contributed by atoms with Crippen molar-refractivity contribution in [2.45, 2.75) is 19.8 Å². The molecule has 1 N–H and O–H groups in total. The lowest BCUT2D eigenvalue weighted by molar-refractivity contribution is 0.867. The Morgan fingerprint density at radius 1 is 1.06 bits per heavy atom. The average molecular weight is 227 g/mol. The van der Waals surface area contributed by atoms with E-state index in [1.165, 1.54) is 5.56 Å². The van der Waals surface area contributed by atoms with Crippen LogP contribution >= 0.6 is 0 Å². The molecule has 2 aromatic rings. The number of benzene rings is 1. The molecule has 0 bridgehead atoms. The van der Waals surface area contributed by atoms with E-state index in [9.17, 15) is 0 Å². The first-order valence-electron chi connectivity index (χ1n) is 5.82. The Kier molecular flexibility index (Phi) is 3.38. The molecule has 1 heterocycles. The number of rotatable bonds is 3. The number of hydrogen-bond donors (Lipinski definition) is 1. The molecule has 0 saturated carbocycles. The number of aromatic nitrogens is 2. The third-order valence-electron chi connectivity index (χ3n) is 2.75. The van der Waals surface area contributed by atoms with Gasteiger partial charge in [-0.3, -0.25) is 0 Å². The van der Waals surface area contributed by atoms with E-state index in [0.29, 0.717) is 5.92 Å². The maximum Gasteiger partial charge on any atom is 0.161 e. The monoisotopic (exact) mass is 227 g/mol. The number of anilines is 1. The summed E-state index contributed by atoms with van der Waals surface area (Å²) < 4.78 is 0. The van der Waals surface area contributed by atoms with E-state index in [-0.39, 0.29) is 0 Å². The molecule has 0 atom stereocenters. The van der Waals surface area contributed by atoms with Crippen molar-refractivity contribution in [3.63, 3.8) is 0 Å². The van der Waals surface area contributed by atoms with Crippen LogP contribution in [0, 0.1) is 0 Å². The van der Waals surface area contributed by atoms with Gasteiger partial charge in [-0.1, -0.05) is 38.1 Å². The highest BCUT2D eigenvalue weighted by Gasteiger charge is 2.03. The summed E-state index contributed by atoms with van der Waals surface area (Å²) in [5.74, 6) is 2.14. The normalized spacial score (nSPS) is 10.6. The first-order valence-corrected chi connectivity index (χ1v) is 5.82. The maximum atomic E-state index is 4.41. The van der Waals surface area contributed by atoms with E-state index in [1.807, 2.05) is 13.1 Å². The van der Waals surface area contributed by atoms with Gasteiger partial charge in [0.05, 0.1) is 0 Å². The fraction of sp³-hybridized carbons (Fsp3) is 0.286. The van der Waals surface area contributed by atoms with Gasteiger partial charge in [0.15, 0.2) is 5.82 Å². The van der Waals surface area contributed by atoms with Crippen molar-refractivity contribution >= 4 is 5.82 Å². The average Bonchev–Trinajstić information content (AvgIpc) is 2.39. The second-order valence-electron chi connectivity index (χ2n) is 4.29. The van der Waals surface area contributed by atoms with Crippen molar-refractivity contribution in [2.24, 2.45) is 0 Å². The number of nitrogens with zero attached hydrogens (tertiary/aromatic N) is 2. The Hall–Kier alpha value is -1.90. The largest absolute Gasteiger partial charge is 0.373 e. The molecular formula is C14H17N3. The van der Waals surface area contributed by atoms with Gasteiger partial charge in [0.25, 0.3) is 0 Å². The van der Waals surface area contributed by atoms with Crippen LogP contribution in [0.3, 0.4) is 0 Å². The van der Waals surface area contributed by atoms with E-state index in [1.54, 1.807) is 6.20 Å². The minimum atomic E-state index is 0.550. The molecule has 0 aliphatic heterocycles. The van der Waals surface area contributed by atoms with Crippen LogP contribution in [0.1, 0.15) is 25.3 Å². The van der Waals surface area contributed by atoms with Gasteiger partial charge in [-0.05, 0) is 17.5 Å². The highest BCUT2D eigenvalue weighted by atomic mass is 15.0. The third kappa shape index (κ3) is 2.61. The molecule has 0 saturated heterocycles. The Labute approximate surface area is 102 Å². The van der Waals surface area contributed by atoms with Gasteiger partial charge < -0.3 is 5.32 Å². The van der Waals surface area contributed by atoms with Gasteiger partial charge >= 0.3 is 0 Å². The predicted octanol–water partition coefficient (Wildman–Crippen LogP) is 3.31. The van der Waals surface area contributed by atoms with Crippen LogP contribution in [-0.4, -0.2) is 17.0 Å². The lowest BCUT2D eigenvalue weighted by Gasteiger charge is -2.07. The Bertz CT molecular complexity index is 489. The molecule has 0 fully saturated rings. The van der Waals surface area contributed by atoms with Crippen molar-refractivity contribution < 1.29 is 0 Å². The fourth-order valence-corrected chi connectivity index (χ4v) is 1.65. The molecule has 0 radical (unpaired) electrons. The van der Waals surface area contributed by atoms with Crippen molar-refractivity contribution in [1.29, 1.82) is 0 Å². The van der Waals surface area contributed by atoms with E-state index >= 15 is 0 Å². The van der Waals surface area contributed by atoms with Crippen molar-refractivity contribution in [2.75, 3.05) is 12.4 Å². The lowest BCUT2D eigenvalue weighted by atomic mass is 10.0. The van der Waals surface area contributed by atoms with Gasteiger partial charge in [0, 0.05) is 18.8 Å². The quantitative estimate of drug-likeness (QED) is 0.874. The molecule has 3 heteroatoms. The van der Waals surface area contributed by atoms with E-state index < -0.39 is 0 Å². The molecule has 0 amide bonds. The summed E-state index contributed by atoms with van der Waals surface area (Å²) >= 11 is 0. The molecule has 1 aromatic carbocycles. The maximum absolute atomic E-state index is 4.41. The highest BCUT2D eigenvalue weighted by molar-refractivity contribution is 5.57. The van der Waals surface area contributed by atoms with E-state index in [0.717, 1.165) is 17.2 Å². The summed E-state index contributed by atoms with van der Waals surface area (Å²) in [6.07, 6.45) is 1.77. The molecule has 88 valence electrons. The Balaban J connectivity index is 2.32. The molecule has 1 aromatic heterocycles. The van der Waals surface area contributed by atoms with Crippen LogP contribution in [0.15, 0.2) is 36.5 Å². The molecule has 2 rings (SSSR count). The molecule has 0 spiro atoms. The standard InChI is InChI=1S/C14H17N3/c1-10(2)11-4-6-12(7-5-11)14-16-9-8-13(15-3)17-14/h4-10H,1-3H3,(H,15,16,17). The Morgan fingerprint density at radius 2 is 1.76 bits per heavy atom. The van der Waals surface area contributed by atoms with Gasteiger partial charge in [-0.15, -0.1) is 0 Å². The van der Waals surface area contributed by atoms with Crippen LogP contribution in [0.2, 0.25) is 0 Å². The van der Waals surface area contributed by atoms with Crippen molar-refractivity contribution in [1.82, 2.24) is 9.97 Å². The molecule has 0 unspecified atom stereocenters. The fourth-order valence-electron chi connectivity index (χ4n) is 1.65. The minimum Gasteiger partial charge on any atom is -0.373 e. The van der Waals surface area contributed by atoms with Crippen LogP contribution < -0.4 is 5.32 Å². The molecule has 17 heavy (non-hydrogen) atoms. The summed E-state index contributed by atoms with van der Waals surface area (Å²) in [6, 6.07) is 10.3.